The third-order valence-corrected chi connectivity index (χ3v) is 11.4. The molecule has 0 saturated heterocycles. The third-order valence-electron chi connectivity index (χ3n) is 11.4. The highest BCUT2D eigenvalue weighted by molar-refractivity contribution is 6.11. The molecule has 0 aliphatic heterocycles. The molecule has 0 radical (unpaired) electrons. The second-order valence-corrected chi connectivity index (χ2v) is 16.6. The number of aryl methyl sites for hydroxylation is 1. The zero-order valence-electron chi connectivity index (χ0n) is 38.1. The Balaban J connectivity index is 1.89. The topological polar surface area (TPSA) is 89.5 Å². The van der Waals surface area contributed by atoms with Crippen molar-refractivity contribution in [3.8, 4) is 11.5 Å². The molecule has 0 aromatic heterocycles. The third kappa shape index (κ3) is 18.4. The van der Waals surface area contributed by atoms with Crippen LogP contribution in [0.15, 0.2) is 42.5 Å². The lowest BCUT2D eigenvalue weighted by Crippen LogP contribution is -2.31. The van der Waals surface area contributed by atoms with Crippen molar-refractivity contribution >= 4 is 33.5 Å². The summed E-state index contributed by atoms with van der Waals surface area (Å²) in [5.41, 5.74) is 1.08. The van der Waals surface area contributed by atoms with Crippen LogP contribution in [-0.4, -0.2) is 63.8 Å². The van der Waals surface area contributed by atoms with Crippen molar-refractivity contribution in [2.45, 2.75) is 176 Å². The van der Waals surface area contributed by atoms with Crippen LogP contribution in [0.4, 0.5) is 0 Å². The molecule has 0 spiro atoms. The van der Waals surface area contributed by atoms with Gasteiger partial charge in [0.1, 0.15) is 24.7 Å². The number of unbranched alkanes of at least 4 members (excludes halogenated alkanes) is 8. The van der Waals surface area contributed by atoms with Gasteiger partial charge in [-0.05, 0) is 50.5 Å². The molecular weight excluding hydrogens is 741 g/mol. The number of benzene rings is 3. The number of hydrogen-bond donors (Lipinski definition) is 0. The molecule has 4 atom stereocenters. The van der Waals surface area contributed by atoms with Gasteiger partial charge in [0.15, 0.2) is 12.2 Å². The number of rotatable bonds is 34. The van der Waals surface area contributed by atoms with Crippen LogP contribution >= 0.6 is 0 Å². The first-order chi connectivity index (χ1) is 28.8. The van der Waals surface area contributed by atoms with Crippen molar-refractivity contribution < 1.29 is 38.0 Å². The van der Waals surface area contributed by atoms with E-state index in [-0.39, 0.29) is 38.4 Å². The molecule has 8 heteroatoms. The maximum Gasteiger partial charge on any atom is 0.306 e. The largest absolute Gasteiger partial charge is 0.488 e. The van der Waals surface area contributed by atoms with E-state index in [4.69, 9.17) is 28.4 Å². The molecule has 0 aliphatic carbocycles. The smallest absolute Gasteiger partial charge is 0.306 e. The first-order valence-electron chi connectivity index (χ1n) is 23.5. The molecule has 8 nitrogen and oxygen atoms in total. The van der Waals surface area contributed by atoms with Gasteiger partial charge in [-0.2, -0.15) is 0 Å². The maximum absolute atomic E-state index is 13.1. The van der Waals surface area contributed by atoms with Crippen molar-refractivity contribution in [3.05, 3.63) is 48.0 Å². The summed E-state index contributed by atoms with van der Waals surface area (Å²) < 4.78 is 38.1. The average molecular weight is 821 g/mol. The summed E-state index contributed by atoms with van der Waals surface area (Å²) in [5, 5.41) is 3.57. The van der Waals surface area contributed by atoms with E-state index in [9.17, 15) is 9.59 Å². The molecule has 3 aromatic carbocycles. The Kier molecular flexibility index (Phi) is 25.2. The second kappa shape index (κ2) is 29.8. The molecule has 0 heterocycles. The van der Waals surface area contributed by atoms with Crippen LogP contribution in [0.3, 0.4) is 0 Å². The summed E-state index contributed by atoms with van der Waals surface area (Å²) in [7, 11) is 0. The fourth-order valence-electron chi connectivity index (χ4n) is 7.52. The summed E-state index contributed by atoms with van der Waals surface area (Å²) in [6, 6.07) is 14.3. The van der Waals surface area contributed by atoms with Gasteiger partial charge in [-0.3, -0.25) is 9.59 Å². The van der Waals surface area contributed by atoms with Crippen molar-refractivity contribution in [2.75, 3.05) is 39.6 Å². The summed E-state index contributed by atoms with van der Waals surface area (Å²) in [6.45, 7) is 17.4. The van der Waals surface area contributed by atoms with E-state index >= 15 is 0 Å². The van der Waals surface area contributed by atoms with E-state index < -0.39 is 12.2 Å². The fourth-order valence-corrected chi connectivity index (χ4v) is 7.52. The lowest BCUT2D eigenvalue weighted by atomic mass is 9.99. The minimum absolute atomic E-state index is 0.157. The Labute approximate surface area is 357 Å². The molecule has 3 aromatic rings. The fraction of sp³-hybridized carbons (Fsp3) is 0.686. The highest BCUT2D eigenvalue weighted by atomic mass is 16.6. The summed E-state index contributed by atoms with van der Waals surface area (Å²) in [5.74, 6) is 1.95. The van der Waals surface area contributed by atoms with Crippen LogP contribution in [0.2, 0.25) is 0 Å². The maximum atomic E-state index is 13.1. The Bertz CT molecular complexity index is 1600. The van der Waals surface area contributed by atoms with E-state index in [1.807, 2.05) is 24.3 Å². The second-order valence-electron chi connectivity index (χ2n) is 16.6. The van der Waals surface area contributed by atoms with Crippen LogP contribution in [0.25, 0.3) is 21.5 Å². The molecule has 0 amide bonds. The van der Waals surface area contributed by atoms with Crippen molar-refractivity contribution in [1.82, 2.24) is 0 Å². The molecular formula is C51H80O8. The van der Waals surface area contributed by atoms with Crippen LogP contribution in [0, 0.1) is 18.8 Å². The van der Waals surface area contributed by atoms with E-state index in [0.29, 0.717) is 49.4 Å². The molecule has 0 fully saturated rings. The first kappa shape index (κ1) is 50.0. The zero-order chi connectivity index (χ0) is 42.7. The van der Waals surface area contributed by atoms with Gasteiger partial charge < -0.3 is 28.4 Å². The van der Waals surface area contributed by atoms with Crippen LogP contribution in [-0.2, 0) is 28.5 Å². The number of ether oxygens (including phenoxy) is 6. The predicted molar refractivity (Wildman–Crippen MR) is 243 cm³/mol. The van der Waals surface area contributed by atoms with Crippen LogP contribution in [0.1, 0.15) is 163 Å². The lowest BCUT2D eigenvalue weighted by Gasteiger charge is -2.24. The quantitative estimate of drug-likeness (QED) is 0.0334. The lowest BCUT2D eigenvalue weighted by molar-refractivity contribution is -0.155. The molecule has 0 N–H and O–H groups in total. The minimum Gasteiger partial charge on any atom is -0.488 e. The van der Waals surface area contributed by atoms with Gasteiger partial charge in [-0.1, -0.05) is 161 Å². The van der Waals surface area contributed by atoms with E-state index in [1.54, 1.807) is 0 Å². The molecule has 0 saturated carbocycles. The van der Waals surface area contributed by atoms with Crippen LogP contribution < -0.4 is 9.47 Å². The van der Waals surface area contributed by atoms with Crippen molar-refractivity contribution in [3.63, 3.8) is 0 Å². The Morgan fingerprint density at radius 2 is 0.932 bits per heavy atom. The SMILES string of the molecule is CCCCCCC(=O)OC(COCC(CC)CCCC)COc1c2ccccc2c(OCC(COCC(CC)CCCC)OC(=O)CCCCCC)c2cc(C)ccc12. The van der Waals surface area contributed by atoms with Gasteiger partial charge in [0, 0.05) is 47.6 Å². The van der Waals surface area contributed by atoms with E-state index in [0.717, 1.165) is 117 Å². The molecule has 3 rings (SSSR count). The average Bonchev–Trinajstić information content (AvgIpc) is 3.24. The molecule has 59 heavy (non-hydrogen) atoms. The zero-order valence-corrected chi connectivity index (χ0v) is 38.1. The first-order valence-corrected chi connectivity index (χ1v) is 23.5. The number of hydrogen-bond acceptors (Lipinski definition) is 8. The van der Waals surface area contributed by atoms with Gasteiger partial charge in [0.2, 0.25) is 0 Å². The highest BCUT2D eigenvalue weighted by Gasteiger charge is 2.23. The number of carbonyl (C=O) groups excluding carboxylic acids is 2. The molecule has 4 unspecified atom stereocenters. The summed E-state index contributed by atoms with van der Waals surface area (Å²) in [6.07, 6.45) is 16.8. The Hall–Kier alpha value is -3.36. The van der Waals surface area contributed by atoms with E-state index in [1.165, 1.54) is 12.8 Å². The van der Waals surface area contributed by atoms with Gasteiger partial charge in [-0.25, -0.2) is 0 Å². The minimum atomic E-state index is -0.557. The number of esters is 2. The number of fused-ring (bicyclic) bond motifs is 2. The van der Waals surface area contributed by atoms with Crippen LogP contribution in [0.5, 0.6) is 11.5 Å². The van der Waals surface area contributed by atoms with Crippen molar-refractivity contribution in [1.29, 1.82) is 0 Å². The van der Waals surface area contributed by atoms with E-state index in [2.05, 4.69) is 66.7 Å². The molecule has 0 bridgehead atoms. The Morgan fingerprint density at radius 1 is 0.492 bits per heavy atom. The van der Waals surface area contributed by atoms with Gasteiger partial charge in [0.05, 0.1) is 13.2 Å². The monoisotopic (exact) mass is 821 g/mol. The van der Waals surface area contributed by atoms with Gasteiger partial charge in [0.25, 0.3) is 0 Å². The van der Waals surface area contributed by atoms with Gasteiger partial charge in [-0.15, -0.1) is 0 Å². The van der Waals surface area contributed by atoms with Gasteiger partial charge >= 0.3 is 11.9 Å². The summed E-state index contributed by atoms with van der Waals surface area (Å²) >= 11 is 0. The number of carbonyl (C=O) groups is 2. The predicted octanol–water partition coefficient (Wildman–Crippen LogP) is 13.3. The standard InChI is InChI=1S/C51H80O8/c1-8-14-18-20-28-48(52)58-42(35-54-33-40(12-5)24-16-10-3)37-56-50-44-26-22-23-27-45(44)51(47-32-39(7)30-31-46(47)50)57-38-43(59-49(53)29-21-19-15-9-2)36-55-34-41(13-6)25-17-11-4/h22-23,26-27,30-32,40-43H,8-21,24-25,28-29,33-38H2,1-7H3. The molecule has 332 valence electrons. The molecule has 0 aliphatic rings. The highest BCUT2D eigenvalue weighted by Crippen LogP contribution is 2.43. The summed E-state index contributed by atoms with van der Waals surface area (Å²) in [4.78, 5) is 26.1. The normalized spacial score (nSPS) is 13.6. The Morgan fingerprint density at radius 3 is 1.37 bits per heavy atom. The van der Waals surface area contributed by atoms with Crippen molar-refractivity contribution in [2.24, 2.45) is 11.8 Å².